The molecule has 1 unspecified atom stereocenters. The Bertz CT molecular complexity index is 854. The molecule has 2 aromatic carbocycles. The van der Waals surface area contributed by atoms with Gasteiger partial charge in [0.15, 0.2) is 6.10 Å². The summed E-state index contributed by atoms with van der Waals surface area (Å²) >= 11 is 0. The van der Waals surface area contributed by atoms with E-state index in [-0.39, 0.29) is 5.75 Å². The average Bonchev–Trinajstić information content (AvgIpc) is 2.73. The molecule has 0 aliphatic heterocycles. The van der Waals surface area contributed by atoms with Crippen LogP contribution in [-0.4, -0.2) is 17.8 Å². The van der Waals surface area contributed by atoms with Crippen LogP contribution in [0.15, 0.2) is 53.7 Å². The van der Waals surface area contributed by atoms with E-state index in [4.69, 9.17) is 14.3 Å². The van der Waals surface area contributed by atoms with E-state index < -0.39 is 23.8 Å². The van der Waals surface area contributed by atoms with Gasteiger partial charge in [-0.05, 0) is 68.3 Å². The van der Waals surface area contributed by atoms with Crippen molar-refractivity contribution in [3.05, 3.63) is 54.1 Å². The summed E-state index contributed by atoms with van der Waals surface area (Å²) in [6.45, 7) is 5.62. The molecule has 0 amide bonds. The maximum atomic E-state index is 12.6. The van der Waals surface area contributed by atoms with E-state index in [1.165, 1.54) is 12.1 Å². The van der Waals surface area contributed by atoms with Gasteiger partial charge in [-0.1, -0.05) is 31.8 Å². The van der Waals surface area contributed by atoms with Gasteiger partial charge in [-0.15, -0.1) is 0 Å². The number of oxime groups is 1. The van der Waals surface area contributed by atoms with Gasteiger partial charge < -0.3 is 14.3 Å². The van der Waals surface area contributed by atoms with E-state index in [1.54, 1.807) is 31.2 Å². The van der Waals surface area contributed by atoms with E-state index in [2.05, 4.69) is 5.16 Å². The normalized spacial score (nSPS) is 12.1. The van der Waals surface area contributed by atoms with Crippen LogP contribution in [0.3, 0.4) is 0 Å². The highest BCUT2D eigenvalue weighted by Crippen LogP contribution is 2.31. The Morgan fingerprint density at radius 3 is 1.87 bits per heavy atom. The first kappa shape index (κ1) is 24.2. The number of ether oxygens (including phenoxy) is 2. The molecule has 0 aromatic heterocycles. The number of hydrogen-bond donors (Lipinski definition) is 0. The lowest BCUT2D eigenvalue weighted by Gasteiger charge is -2.13. The summed E-state index contributed by atoms with van der Waals surface area (Å²) in [5, 5.41) is 3.94. The summed E-state index contributed by atoms with van der Waals surface area (Å²) in [6, 6.07) is 10.8. The minimum Gasteiger partial charge on any atom is -0.479 e. The fourth-order valence-corrected chi connectivity index (χ4v) is 2.66. The topological polar surface area (TPSA) is 57.1 Å². The lowest BCUT2D eigenvalue weighted by Crippen LogP contribution is -2.25. The van der Waals surface area contributed by atoms with Gasteiger partial charge in [0.1, 0.15) is 17.2 Å². The molecule has 1 atom stereocenters. The number of rotatable bonds is 10. The molecule has 2 aromatic rings. The number of halogens is 3. The van der Waals surface area contributed by atoms with Crippen molar-refractivity contribution in [1.29, 1.82) is 0 Å². The highest BCUT2D eigenvalue weighted by molar-refractivity contribution is 5.85. The van der Waals surface area contributed by atoms with E-state index in [0.717, 1.165) is 43.5 Å². The van der Waals surface area contributed by atoms with Gasteiger partial charge in [-0.3, -0.25) is 0 Å². The van der Waals surface area contributed by atoms with E-state index in [0.29, 0.717) is 11.5 Å². The van der Waals surface area contributed by atoms with Crippen LogP contribution in [0.4, 0.5) is 13.2 Å². The van der Waals surface area contributed by atoms with Crippen LogP contribution in [0.5, 0.6) is 17.2 Å². The number of carbonyl (C=O) groups excluding carboxylic acids is 1. The molecule has 8 heteroatoms. The second-order valence-corrected chi connectivity index (χ2v) is 6.92. The third-order valence-electron chi connectivity index (χ3n) is 4.23. The molecule has 0 spiro atoms. The van der Waals surface area contributed by atoms with E-state index in [1.807, 2.05) is 13.8 Å². The molecule has 5 nitrogen and oxygen atoms in total. The summed E-state index contributed by atoms with van der Waals surface area (Å²) in [7, 11) is 0. The van der Waals surface area contributed by atoms with Gasteiger partial charge in [0, 0.05) is 0 Å². The minimum absolute atomic E-state index is 0.270. The van der Waals surface area contributed by atoms with Gasteiger partial charge in [-0.25, -0.2) is 4.79 Å². The largest absolute Gasteiger partial charge is 0.479 e. The van der Waals surface area contributed by atoms with Crippen LogP contribution in [-0.2, 0) is 15.8 Å². The fourth-order valence-electron chi connectivity index (χ4n) is 2.66. The molecule has 0 N–H and O–H groups in total. The summed E-state index contributed by atoms with van der Waals surface area (Å²) in [5.41, 5.74) is 0.0978. The molecule has 2 rings (SSSR count). The van der Waals surface area contributed by atoms with Crippen molar-refractivity contribution < 1.29 is 32.3 Å². The van der Waals surface area contributed by atoms with Crippen molar-refractivity contribution >= 4 is 11.7 Å². The number of nitrogens with zero attached hydrogens (tertiary/aromatic N) is 1. The molecule has 0 saturated heterocycles. The van der Waals surface area contributed by atoms with Gasteiger partial charge in [0.25, 0.3) is 0 Å². The second kappa shape index (κ2) is 11.4. The Balaban J connectivity index is 1.91. The first-order valence-electron chi connectivity index (χ1n) is 10.1. The van der Waals surface area contributed by atoms with Crippen LogP contribution in [0.2, 0.25) is 0 Å². The second-order valence-electron chi connectivity index (χ2n) is 6.92. The number of hydrogen-bond acceptors (Lipinski definition) is 5. The Morgan fingerprint density at radius 2 is 1.39 bits per heavy atom. The van der Waals surface area contributed by atoms with Crippen LogP contribution < -0.4 is 9.47 Å². The summed E-state index contributed by atoms with van der Waals surface area (Å²) in [4.78, 5) is 17.1. The Hall–Kier alpha value is -3.03. The summed E-state index contributed by atoms with van der Waals surface area (Å²) < 4.78 is 48.9. The monoisotopic (exact) mass is 437 g/mol. The van der Waals surface area contributed by atoms with Crippen molar-refractivity contribution in [2.24, 2.45) is 5.16 Å². The zero-order valence-corrected chi connectivity index (χ0v) is 17.7. The van der Waals surface area contributed by atoms with Crippen molar-refractivity contribution in [3.8, 4) is 17.2 Å². The van der Waals surface area contributed by atoms with Crippen molar-refractivity contribution in [2.45, 2.75) is 58.7 Å². The van der Waals surface area contributed by atoms with Crippen LogP contribution in [0.1, 0.15) is 52.0 Å². The van der Waals surface area contributed by atoms with E-state index >= 15 is 0 Å². The summed E-state index contributed by atoms with van der Waals surface area (Å²) in [6.07, 6.45) is -1.87. The molecule has 0 aliphatic carbocycles. The number of carbonyl (C=O) groups is 1. The third-order valence-corrected chi connectivity index (χ3v) is 4.23. The molecule has 0 heterocycles. The van der Waals surface area contributed by atoms with Crippen LogP contribution in [0, 0.1) is 0 Å². The maximum absolute atomic E-state index is 12.6. The molecule has 0 fully saturated rings. The van der Waals surface area contributed by atoms with Gasteiger partial charge in [-0.2, -0.15) is 13.2 Å². The van der Waals surface area contributed by atoms with Gasteiger partial charge in [0.2, 0.25) is 0 Å². The first-order chi connectivity index (χ1) is 14.7. The molecule has 168 valence electrons. The Labute approximate surface area is 179 Å². The predicted octanol–water partition coefficient (Wildman–Crippen LogP) is 6.76. The average molecular weight is 437 g/mol. The van der Waals surface area contributed by atoms with Crippen molar-refractivity contribution in [2.75, 3.05) is 0 Å². The zero-order chi connectivity index (χ0) is 22.9. The predicted molar refractivity (Wildman–Crippen MR) is 111 cm³/mol. The standard InChI is InChI=1S/C23H26F3NO4/c1-4-6-18(7-5-2)27-31-22(28)16(3)29-19-12-14-21(15-13-19)30-20-10-8-17(9-11-20)23(24,25)26/h8-16H,4-7H2,1-3H3. The Kier molecular flexibility index (Phi) is 8.90. The highest BCUT2D eigenvalue weighted by Gasteiger charge is 2.30. The molecular formula is C23H26F3NO4. The quantitative estimate of drug-likeness (QED) is 0.234. The van der Waals surface area contributed by atoms with Crippen molar-refractivity contribution in [3.63, 3.8) is 0 Å². The van der Waals surface area contributed by atoms with Gasteiger partial charge >= 0.3 is 12.1 Å². The molecule has 0 saturated carbocycles. The van der Waals surface area contributed by atoms with Crippen LogP contribution >= 0.6 is 0 Å². The summed E-state index contributed by atoms with van der Waals surface area (Å²) in [5.74, 6) is 0.493. The fraction of sp³-hybridized carbons (Fsp3) is 0.391. The molecule has 31 heavy (non-hydrogen) atoms. The maximum Gasteiger partial charge on any atom is 0.416 e. The highest BCUT2D eigenvalue weighted by atomic mass is 19.4. The molecule has 0 aliphatic rings. The van der Waals surface area contributed by atoms with Crippen molar-refractivity contribution in [1.82, 2.24) is 0 Å². The molecule has 0 bridgehead atoms. The first-order valence-corrected chi connectivity index (χ1v) is 10.1. The Morgan fingerprint density at radius 1 is 0.903 bits per heavy atom. The third kappa shape index (κ3) is 7.96. The molecule has 0 radical (unpaired) electrons. The van der Waals surface area contributed by atoms with Crippen LogP contribution in [0.25, 0.3) is 0 Å². The number of alkyl halides is 3. The SMILES string of the molecule is CCCC(CCC)=NOC(=O)C(C)Oc1ccc(Oc2ccc(C(F)(F)F)cc2)cc1. The minimum atomic E-state index is -4.39. The lowest BCUT2D eigenvalue weighted by atomic mass is 10.1. The van der Waals surface area contributed by atoms with E-state index in [9.17, 15) is 18.0 Å². The zero-order valence-electron chi connectivity index (χ0n) is 17.7. The van der Waals surface area contributed by atoms with Gasteiger partial charge in [0.05, 0.1) is 11.3 Å². The lowest BCUT2D eigenvalue weighted by molar-refractivity contribution is -0.151. The molecular weight excluding hydrogens is 411 g/mol. The smallest absolute Gasteiger partial charge is 0.416 e. The number of benzene rings is 2.